The van der Waals surface area contributed by atoms with Crippen LogP contribution in [-0.2, 0) is 30.8 Å². The van der Waals surface area contributed by atoms with E-state index in [0.717, 1.165) is 27.1 Å². The fourth-order valence-corrected chi connectivity index (χ4v) is 4.65. The van der Waals surface area contributed by atoms with Gasteiger partial charge in [-0.2, -0.15) is 0 Å². The molecule has 0 fully saturated rings. The number of hydrogen-bond donors (Lipinski definition) is 4. The van der Waals surface area contributed by atoms with Gasteiger partial charge >= 0.3 is 6.03 Å². The molecule has 4 rings (SSSR count). The smallest absolute Gasteiger partial charge is 0.321 e. The van der Waals surface area contributed by atoms with Gasteiger partial charge in [-0.3, -0.25) is 10.1 Å². The Balaban J connectivity index is 1.31. The molecule has 7 nitrogen and oxygen atoms in total. The Morgan fingerprint density at radius 2 is 1.50 bits per heavy atom. The number of nitrogens with zero attached hydrogens (tertiary/aromatic N) is 1. The van der Waals surface area contributed by atoms with Crippen LogP contribution < -0.4 is 21.7 Å². The second-order valence-electron chi connectivity index (χ2n) is 8.78. The van der Waals surface area contributed by atoms with Crippen LogP contribution in [0.5, 0.6) is 0 Å². The number of rotatable bonds is 10. The zero-order chi connectivity index (χ0) is 26.6. The lowest BCUT2D eigenvalue weighted by Gasteiger charge is -2.18. The Morgan fingerprint density at radius 3 is 2.24 bits per heavy atom. The molecular weight excluding hydrogens is 494 g/mol. The summed E-state index contributed by atoms with van der Waals surface area (Å²) < 4.78 is 0. The van der Waals surface area contributed by atoms with Gasteiger partial charge in [-0.25, -0.2) is 9.79 Å². The molecule has 0 aliphatic carbocycles. The molecule has 1 heterocycles. The molecule has 0 aliphatic heterocycles. The summed E-state index contributed by atoms with van der Waals surface area (Å²) in [5.41, 5.74) is 9.86. The van der Waals surface area contributed by atoms with Gasteiger partial charge in [0.2, 0.25) is 5.91 Å². The molecule has 0 saturated heterocycles. The van der Waals surface area contributed by atoms with Crippen LogP contribution in [-0.4, -0.2) is 17.9 Å². The molecule has 194 valence electrons. The number of carbonyl (C=O) groups is 2. The van der Waals surface area contributed by atoms with E-state index in [0.29, 0.717) is 26.1 Å². The molecule has 8 heteroatoms. The monoisotopic (exact) mass is 525 g/mol. The average molecular weight is 526 g/mol. The highest BCUT2D eigenvalue weighted by Gasteiger charge is 2.20. The fourth-order valence-electron chi connectivity index (χ4n) is 4.00. The molecule has 0 saturated carbocycles. The molecule has 4 aromatic rings. The van der Waals surface area contributed by atoms with Crippen molar-refractivity contribution in [3.63, 3.8) is 0 Å². The molecule has 0 aliphatic rings. The zero-order valence-electron chi connectivity index (χ0n) is 21.0. The minimum Gasteiger partial charge on any atom is -0.370 e. The Labute approximate surface area is 226 Å². The highest BCUT2D eigenvalue weighted by molar-refractivity contribution is 7.09. The number of carbonyl (C=O) groups excluding carboxylic acids is 2. The van der Waals surface area contributed by atoms with Crippen LogP contribution in [0.1, 0.15) is 33.0 Å². The Morgan fingerprint density at radius 1 is 0.789 bits per heavy atom. The lowest BCUT2D eigenvalue weighted by atomic mass is 9.91. The normalized spacial score (nSPS) is 11.9. The van der Waals surface area contributed by atoms with Gasteiger partial charge in [0.15, 0.2) is 5.96 Å². The molecule has 0 spiro atoms. The van der Waals surface area contributed by atoms with Gasteiger partial charge < -0.3 is 16.4 Å². The highest BCUT2D eigenvalue weighted by Crippen LogP contribution is 2.21. The van der Waals surface area contributed by atoms with Gasteiger partial charge in [0, 0.05) is 11.4 Å². The standard InChI is InChI=1S/C30H31N5O2S/c31-29(35-30(37)34-21-26-15-8-16-38-26)33-20-24-12-7-11-23(17-24)19-32-28(36)27(25-13-5-2-6-14-25)18-22-9-3-1-4-10-22/h1-17,27H,18-21H2,(H,32,36)(H4,31,33,34,35,37). The fraction of sp³-hybridized carbons (Fsp3) is 0.167. The number of benzene rings is 3. The van der Waals surface area contributed by atoms with E-state index in [2.05, 4.69) is 20.9 Å². The largest absolute Gasteiger partial charge is 0.370 e. The third kappa shape index (κ3) is 8.31. The number of nitrogens with two attached hydrogens (primary N) is 1. The van der Waals surface area contributed by atoms with Crippen molar-refractivity contribution in [3.8, 4) is 0 Å². The molecule has 1 atom stereocenters. The minimum atomic E-state index is -0.403. The quantitative estimate of drug-likeness (QED) is 0.178. The first-order chi connectivity index (χ1) is 18.6. The van der Waals surface area contributed by atoms with E-state index in [9.17, 15) is 9.59 Å². The average Bonchev–Trinajstić information content (AvgIpc) is 3.48. The number of urea groups is 1. The van der Waals surface area contributed by atoms with Crippen molar-refractivity contribution in [2.45, 2.75) is 32.0 Å². The van der Waals surface area contributed by atoms with E-state index in [1.165, 1.54) is 0 Å². The Kier molecular flexibility index (Phi) is 9.64. The summed E-state index contributed by atoms with van der Waals surface area (Å²) in [6, 6.07) is 31.2. The topological polar surface area (TPSA) is 109 Å². The molecule has 1 aromatic heterocycles. The number of hydrogen-bond acceptors (Lipinski definition) is 4. The second-order valence-corrected chi connectivity index (χ2v) is 9.81. The summed E-state index contributed by atoms with van der Waals surface area (Å²) in [5, 5.41) is 10.3. The molecule has 1 unspecified atom stereocenters. The predicted molar refractivity (Wildman–Crippen MR) is 153 cm³/mol. The predicted octanol–water partition coefficient (Wildman–Crippen LogP) is 4.70. The Hall–Kier alpha value is -4.43. The van der Waals surface area contributed by atoms with Gasteiger partial charge in [0.05, 0.1) is 19.0 Å². The van der Waals surface area contributed by atoms with Gasteiger partial charge in [0.1, 0.15) is 0 Å². The van der Waals surface area contributed by atoms with Crippen molar-refractivity contribution in [1.82, 2.24) is 16.0 Å². The van der Waals surface area contributed by atoms with Crippen molar-refractivity contribution < 1.29 is 9.59 Å². The zero-order valence-corrected chi connectivity index (χ0v) is 21.8. The van der Waals surface area contributed by atoms with Gasteiger partial charge in [-0.05, 0) is 40.1 Å². The van der Waals surface area contributed by atoms with E-state index < -0.39 is 6.03 Å². The summed E-state index contributed by atoms with van der Waals surface area (Å²) in [6.45, 7) is 1.13. The number of amides is 3. The van der Waals surface area contributed by atoms with Crippen LogP contribution in [0.25, 0.3) is 0 Å². The lowest BCUT2D eigenvalue weighted by molar-refractivity contribution is -0.122. The molecular formula is C30H31N5O2S. The lowest BCUT2D eigenvalue weighted by Crippen LogP contribution is -2.43. The molecule has 3 amide bonds. The maximum absolute atomic E-state index is 13.3. The molecule has 38 heavy (non-hydrogen) atoms. The SMILES string of the molecule is NC(=NCc1cccc(CNC(=O)C(Cc2ccccc2)c2ccccc2)c1)NC(=O)NCc1cccs1. The first-order valence-corrected chi connectivity index (χ1v) is 13.3. The van der Waals surface area contributed by atoms with Crippen molar-refractivity contribution in [1.29, 1.82) is 0 Å². The maximum Gasteiger partial charge on any atom is 0.321 e. The molecule has 5 N–H and O–H groups in total. The third-order valence-electron chi connectivity index (χ3n) is 5.94. The van der Waals surface area contributed by atoms with Crippen molar-refractivity contribution in [3.05, 3.63) is 130 Å². The summed E-state index contributed by atoms with van der Waals surface area (Å²) in [7, 11) is 0. The van der Waals surface area contributed by atoms with Crippen LogP contribution in [0.2, 0.25) is 0 Å². The van der Waals surface area contributed by atoms with E-state index in [1.54, 1.807) is 11.3 Å². The minimum absolute atomic E-state index is 0.0227. The summed E-state index contributed by atoms with van der Waals surface area (Å²) in [5.74, 6) is -0.271. The van der Waals surface area contributed by atoms with E-state index in [-0.39, 0.29) is 17.8 Å². The molecule has 0 radical (unpaired) electrons. The number of aliphatic imine (C=N–C) groups is 1. The Bertz CT molecular complexity index is 1340. The third-order valence-corrected chi connectivity index (χ3v) is 6.81. The first-order valence-electron chi connectivity index (χ1n) is 12.4. The maximum atomic E-state index is 13.3. The first kappa shape index (κ1) is 26.6. The van der Waals surface area contributed by atoms with E-state index in [4.69, 9.17) is 5.73 Å². The highest BCUT2D eigenvalue weighted by atomic mass is 32.1. The van der Waals surface area contributed by atoms with Crippen LogP contribution in [0.4, 0.5) is 4.79 Å². The second kappa shape index (κ2) is 13.8. The van der Waals surface area contributed by atoms with E-state index >= 15 is 0 Å². The number of thiophene rings is 1. The van der Waals surface area contributed by atoms with E-state index in [1.807, 2.05) is 102 Å². The van der Waals surface area contributed by atoms with Crippen LogP contribution in [0.3, 0.4) is 0 Å². The van der Waals surface area contributed by atoms with Crippen molar-refractivity contribution in [2.75, 3.05) is 0 Å². The summed E-state index contributed by atoms with van der Waals surface area (Å²) in [6.07, 6.45) is 0.624. The summed E-state index contributed by atoms with van der Waals surface area (Å²) >= 11 is 1.57. The van der Waals surface area contributed by atoms with Crippen molar-refractivity contribution >= 4 is 29.2 Å². The molecule has 0 bridgehead atoms. The van der Waals surface area contributed by atoms with Gasteiger partial charge in [-0.1, -0.05) is 91.0 Å². The van der Waals surface area contributed by atoms with Gasteiger partial charge in [0.25, 0.3) is 0 Å². The van der Waals surface area contributed by atoms with Crippen LogP contribution in [0.15, 0.2) is 107 Å². The van der Waals surface area contributed by atoms with Gasteiger partial charge in [-0.15, -0.1) is 11.3 Å². The molecule has 3 aromatic carbocycles. The van der Waals surface area contributed by atoms with Crippen LogP contribution >= 0.6 is 11.3 Å². The number of guanidine groups is 1. The number of nitrogens with one attached hydrogen (secondary N) is 3. The summed E-state index contributed by atoms with van der Waals surface area (Å²) in [4.78, 5) is 30.6. The van der Waals surface area contributed by atoms with Crippen molar-refractivity contribution in [2.24, 2.45) is 10.7 Å². The van der Waals surface area contributed by atoms with Crippen LogP contribution in [0, 0.1) is 0 Å².